The highest BCUT2D eigenvalue weighted by Gasteiger charge is 2.11. The third-order valence-electron chi connectivity index (χ3n) is 1.27. The van der Waals surface area contributed by atoms with Gasteiger partial charge in [0.05, 0.1) is 18.4 Å². The second kappa shape index (κ2) is 2.64. The molecule has 62 valence electrons. The Hall–Kier alpha value is -0.860. The molecule has 0 spiro atoms. The summed E-state index contributed by atoms with van der Waals surface area (Å²) in [5, 5.41) is 8.31. The first-order valence-electron chi connectivity index (χ1n) is 3.84. The van der Waals surface area contributed by atoms with Crippen molar-refractivity contribution in [1.82, 2.24) is 15.0 Å². The lowest BCUT2D eigenvalue weighted by Gasteiger charge is -2.16. The molecule has 0 atom stereocenters. The van der Waals surface area contributed by atoms with E-state index >= 15 is 0 Å². The molecular weight excluding hydrogens is 138 g/mol. The third-order valence-corrected chi connectivity index (χ3v) is 1.27. The standard InChI is InChI=1S/C8H15N3/c1-7-5-9-11(10-7)6-8(2,3)4/h5H,6H2,1-4H3. The second-order valence-electron chi connectivity index (χ2n) is 4.08. The highest BCUT2D eigenvalue weighted by Crippen LogP contribution is 2.14. The molecule has 0 unspecified atom stereocenters. The van der Waals surface area contributed by atoms with Crippen molar-refractivity contribution < 1.29 is 0 Å². The summed E-state index contributed by atoms with van der Waals surface area (Å²) in [7, 11) is 0. The van der Waals surface area contributed by atoms with Crippen LogP contribution in [0.1, 0.15) is 26.5 Å². The molecule has 1 aromatic heterocycles. The molecular formula is C8H15N3. The molecule has 0 saturated carbocycles. The summed E-state index contributed by atoms with van der Waals surface area (Å²) in [6.07, 6.45) is 1.78. The van der Waals surface area contributed by atoms with Crippen molar-refractivity contribution in [3.05, 3.63) is 11.9 Å². The predicted octanol–water partition coefficient (Wildman–Crippen LogP) is 1.63. The minimum absolute atomic E-state index is 0.255. The number of aryl methyl sites for hydroxylation is 1. The topological polar surface area (TPSA) is 30.7 Å². The zero-order valence-electron chi connectivity index (χ0n) is 7.63. The fourth-order valence-electron chi connectivity index (χ4n) is 0.884. The maximum absolute atomic E-state index is 4.20. The first kappa shape index (κ1) is 8.24. The summed E-state index contributed by atoms with van der Waals surface area (Å²) in [5.41, 5.74) is 1.24. The van der Waals surface area contributed by atoms with Gasteiger partial charge < -0.3 is 0 Å². The maximum Gasteiger partial charge on any atom is 0.0796 e. The number of hydrogen-bond donors (Lipinski definition) is 0. The van der Waals surface area contributed by atoms with Crippen molar-refractivity contribution in [2.75, 3.05) is 0 Å². The molecule has 3 heteroatoms. The molecule has 0 amide bonds. The van der Waals surface area contributed by atoms with Crippen LogP contribution in [-0.2, 0) is 6.54 Å². The lowest BCUT2D eigenvalue weighted by molar-refractivity contribution is 0.302. The highest BCUT2D eigenvalue weighted by molar-refractivity contribution is 4.85. The Morgan fingerprint density at radius 2 is 2.09 bits per heavy atom. The van der Waals surface area contributed by atoms with E-state index < -0.39 is 0 Å². The summed E-state index contributed by atoms with van der Waals surface area (Å²) in [4.78, 5) is 1.75. The van der Waals surface area contributed by atoms with Crippen LogP contribution in [0.3, 0.4) is 0 Å². The van der Waals surface area contributed by atoms with E-state index in [1.165, 1.54) is 0 Å². The number of rotatable bonds is 1. The SMILES string of the molecule is Cc1cnn(CC(C)(C)C)n1. The van der Waals surface area contributed by atoms with Gasteiger partial charge in [-0.05, 0) is 12.3 Å². The molecule has 0 aromatic carbocycles. The Bertz CT molecular complexity index is 232. The van der Waals surface area contributed by atoms with Crippen LogP contribution >= 0.6 is 0 Å². The van der Waals surface area contributed by atoms with Crippen LogP contribution in [0.4, 0.5) is 0 Å². The Morgan fingerprint density at radius 3 is 2.45 bits per heavy atom. The van der Waals surface area contributed by atoms with Gasteiger partial charge in [-0.25, -0.2) is 0 Å². The summed E-state index contributed by atoms with van der Waals surface area (Å²) in [6, 6.07) is 0. The Kier molecular flexibility index (Phi) is 1.98. The molecule has 0 fully saturated rings. The molecule has 1 rings (SSSR count). The van der Waals surface area contributed by atoms with Crippen molar-refractivity contribution in [3.8, 4) is 0 Å². The van der Waals surface area contributed by atoms with E-state index in [1.54, 1.807) is 11.0 Å². The molecule has 0 N–H and O–H groups in total. The quantitative estimate of drug-likeness (QED) is 0.614. The van der Waals surface area contributed by atoms with Crippen molar-refractivity contribution in [1.29, 1.82) is 0 Å². The van der Waals surface area contributed by atoms with Gasteiger partial charge in [-0.3, -0.25) is 0 Å². The zero-order valence-corrected chi connectivity index (χ0v) is 7.63. The van der Waals surface area contributed by atoms with E-state index in [0.717, 1.165) is 12.2 Å². The zero-order chi connectivity index (χ0) is 8.48. The van der Waals surface area contributed by atoms with E-state index in [0.29, 0.717) is 0 Å². The predicted molar refractivity (Wildman–Crippen MR) is 44.2 cm³/mol. The number of hydrogen-bond acceptors (Lipinski definition) is 2. The lowest BCUT2D eigenvalue weighted by atomic mass is 9.97. The van der Waals surface area contributed by atoms with E-state index in [-0.39, 0.29) is 5.41 Å². The summed E-state index contributed by atoms with van der Waals surface area (Å²) in [6.45, 7) is 9.34. The Balaban J connectivity index is 2.65. The van der Waals surface area contributed by atoms with Gasteiger partial charge in [0.2, 0.25) is 0 Å². The van der Waals surface area contributed by atoms with Crippen LogP contribution in [0.2, 0.25) is 0 Å². The van der Waals surface area contributed by atoms with Gasteiger partial charge in [0.1, 0.15) is 0 Å². The van der Waals surface area contributed by atoms with Gasteiger partial charge in [-0.1, -0.05) is 20.8 Å². The molecule has 3 nitrogen and oxygen atoms in total. The summed E-state index contributed by atoms with van der Waals surface area (Å²) >= 11 is 0. The van der Waals surface area contributed by atoms with Crippen molar-refractivity contribution in [3.63, 3.8) is 0 Å². The average molecular weight is 153 g/mol. The molecule has 0 aliphatic rings. The Labute approximate surface area is 67.4 Å². The van der Waals surface area contributed by atoms with Crippen molar-refractivity contribution in [2.24, 2.45) is 5.41 Å². The normalized spacial score (nSPS) is 12.0. The first-order valence-corrected chi connectivity index (χ1v) is 3.84. The van der Waals surface area contributed by atoms with E-state index in [2.05, 4.69) is 31.0 Å². The van der Waals surface area contributed by atoms with Crippen LogP contribution in [0, 0.1) is 12.3 Å². The molecule has 0 saturated heterocycles. The lowest BCUT2D eigenvalue weighted by Crippen LogP contribution is -2.17. The molecule has 0 radical (unpaired) electrons. The molecule has 0 bridgehead atoms. The van der Waals surface area contributed by atoms with Crippen LogP contribution in [0.25, 0.3) is 0 Å². The van der Waals surface area contributed by atoms with Crippen LogP contribution < -0.4 is 0 Å². The summed E-state index contributed by atoms with van der Waals surface area (Å²) < 4.78 is 0. The van der Waals surface area contributed by atoms with Crippen LogP contribution in [-0.4, -0.2) is 15.0 Å². The van der Waals surface area contributed by atoms with Gasteiger partial charge >= 0.3 is 0 Å². The minimum Gasteiger partial charge on any atom is -0.184 e. The van der Waals surface area contributed by atoms with Gasteiger partial charge in [-0.15, -0.1) is 0 Å². The fourth-order valence-corrected chi connectivity index (χ4v) is 0.884. The van der Waals surface area contributed by atoms with E-state index in [9.17, 15) is 0 Å². The van der Waals surface area contributed by atoms with Gasteiger partial charge in [0, 0.05) is 0 Å². The molecule has 0 aliphatic carbocycles. The summed E-state index contributed by atoms with van der Waals surface area (Å²) in [5.74, 6) is 0. The average Bonchev–Trinajstić information content (AvgIpc) is 2.10. The van der Waals surface area contributed by atoms with Gasteiger partial charge in [0.15, 0.2) is 0 Å². The minimum atomic E-state index is 0.255. The van der Waals surface area contributed by atoms with Crippen molar-refractivity contribution >= 4 is 0 Å². The second-order valence-corrected chi connectivity index (χ2v) is 4.08. The smallest absolute Gasteiger partial charge is 0.0796 e. The first-order chi connectivity index (χ1) is 4.97. The van der Waals surface area contributed by atoms with Crippen molar-refractivity contribution in [2.45, 2.75) is 34.2 Å². The largest absolute Gasteiger partial charge is 0.184 e. The number of nitrogens with zero attached hydrogens (tertiary/aromatic N) is 3. The maximum atomic E-state index is 4.20. The van der Waals surface area contributed by atoms with Gasteiger partial charge in [0.25, 0.3) is 0 Å². The molecule has 1 heterocycles. The fraction of sp³-hybridized carbons (Fsp3) is 0.750. The number of aromatic nitrogens is 3. The van der Waals surface area contributed by atoms with E-state index in [4.69, 9.17) is 0 Å². The Morgan fingerprint density at radius 1 is 1.45 bits per heavy atom. The monoisotopic (exact) mass is 153 g/mol. The molecule has 11 heavy (non-hydrogen) atoms. The van der Waals surface area contributed by atoms with Crippen LogP contribution in [0.5, 0.6) is 0 Å². The van der Waals surface area contributed by atoms with Crippen LogP contribution in [0.15, 0.2) is 6.20 Å². The molecule has 0 aliphatic heterocycles. The highest BCUT2D eigenvalue weighted by atomic mass is 15.5. The molecule has 1 aromatic rings. The van der Waals surface area contributed by atoms with E-state index in [1.807, 2.05) is 6.92 Å². The van der Waals surface area contributed by atoms with Gasteiger partial charge in [-0.2, -0.15) is 15.0 Å². The third kappa shape index (κ3) is 2.70.